The molecule has 2 aliphatic rings. The standard InChI is InChI=1S/C22H24N2O4/c1-14-10-11-16(23-21(25)15-6-2-3-7-15)17(12-14)24-22(26)20-13-27-18-8-4-5-9-19(18)28-20/h4-5,8-12,15,20H,2-3,6-7,13H2,1H3,(H,23,25)(H,24,26). The Balaban J connectivity index is 1.47. The quantitative estimate of drug-likeness (QED) is 0.843. The summed E-state index contributed by atoms with van der Waals surface area (Å²) in [6.45, 7) is 2.08. The molecule has 1 fully saturated rings. The minimum Gasteiger partial charge on any atom is -0.485 e. The Bertz CT molecular complexity index is 890. The van der Waals surface area contributed by atoms with Crippen LogP contribution in [0.1, 0.15) is 31.2 Å². The van der Waals surface area contributed by atoms with E-state index in [1.807, 2.05) is 37.3 Å². The first kappa shape index (κ1) is 18.3. The summed E-state index contributed by atoms with van der Waals surface area (Å²) in [5.41, 5.74) is 2.16. The number of anilines is 2. The Morgan fingerprint density at radius 2 is 1.64 bits per heavy atom. The lowest BCUT2D eigenvalue weighted by Crippen LogP contribution is -2.40. The van der Waals surface area contributed by atoms with Crippen LogP contribution in [-0.2, 0) is 9.59 Å². The summed E-state index contributed by atoms with van der Waals surface area (Å²) in [7, 11) is 0. The third kappa shape index (κ3) is 3.96. The Morgan fingerprint density at radius 1 is 0.929 bits per heavy atom. The highest BCUT2D eigenvalue weighted by Gasteiger charge is 2.28. The molecule has 0 radical (unpaired) electrons. The van der Waals surface area contributed by atoms with Crippen LogP contribution in [0.15, 0.2) is 42.5 Å². The van der Waals surface area contributed by atoms with Crippen molar-refractivity contribution in [1.29, 1.82) is 0 Å². The molecule has 4 rings (SSSR count). The van der Waals surface area contributed by atoms with Crippen LogP contribution in [0.2, 0.25) is 0 Å². The highest BCUT2D eigenvalue weighted by atomic mass is 16.6. The second-order valence-corrected chi connectivity index (χ2v) is 7.37. The fourth-order valence-electron chi connectivity index (χ4n) is 3.66. The van der Waals surface area contributed by atoms with Gasteiger partial charge in [0.25, 0.3) is 5.91 Å². The smallest absolute Gasteiger partial charge is 0.269 e. The first-order valence-corrected chi connectivity index (χ1v) is 9.71. The average Bonchev–Trinajstić information content (AvgIpc) is 3.24. The normalized spacial score (nSPS) is 18.5. The third-order valence-electron chi connectivity index (χ3n) is 5.22. The van der Waals surface area contributed by atoms with Crippen LogP contribution >= 0.6 is 0 Å². The molecule has 1 atom stereocenters. The van der Waals surface area contributed by atoms with Crippen LogP contribution in [-0.4, -0.2) is 24.5 Å². The molecule has 2 aromatic rings. The number of rotatable bonds is 4. The fraction of sp³-hybridized carbons (Fsp3) is 0.364. The fourth-order valence-corrected chi connectivity index (χ4v) is 3.66. The van der Waals surface area contributed by atoms with Crippen molar-refractivity contribution in [3.05, 3.63) is 48.0 Å². The number of hydrogen-bond donors (Lipinski definition) is 2. The molecular formula is C22H24N2O4. The molecule has 146 valence electrons. The van der Waals surface area contributed by atoms with Crippen molar-refractivity contribution in [3.63, 3.8) is 0 Å². The number of hydrogen-bond acceptors (Lipinski definition) is 4. The van der Waals surface area contributed by atoms with Crippen LogP contribution in [0.3, 0.4) is 0 Å². The molecule has 6 heteroatoms. The number of carbonyl (C=O) groups excluding carboxylic acids is 2. The van der Waals surface area contributed by atoms with E-state index in [0.29, 0.717) is 22.9 Å². The average molecular weight is 380 g/mol. The minimum absolute atomic E-state index is 0.0167. The van der Waals surface area contributed by atoms with E-state index in [-0.39, 0.29) is 24.3 Å². The molecule has 1 aliphatic heterocycles. The van der Waals surface area contributed by atoms with Crippen molar-refractivity contribution in [2.24, 2.45) is 5.92 Å². The summed E-state index contributed by atoms with van der Waals surface area (Å²) in [5, 5.41) is 5.87. The number of amides is 2. The van der Waals surface area contributed by atoms with Gasteiger partial charge in [0.1, 0.15) is 6.61 Å². The van der Waals surface area contributed by atoms with E-state index in [1.165, 1.54) is 0 Å². The zero-order valence-electron chi connectivity index (χ0n) is 15.9. The van der Waals surface area contributed by atoms with Crippen molar-refractivity contribution in [1.82, 2.24) is 0 Å². The van der Waals surface area contributed by atoms with E-state index >= 15 is 0 Å². The summed E-state index contributed by atoms with van der Waals surface area (Å²) in [5.74, 6) is 0.940. The largest absolute Gasteiger partial charge is 0.485 e. The summed E-state index contributed by atoms with van der Waals surface area (Å²) in [6, 6.07) is 12.9. The predicted octanol–water partition coefficient (Wildman–Crippen LogP) is 3.90. The molecular weight excluding hydrogens is 356 g/mol. The lowest BCUT2D eigenvalue weighted by atomic mass is 10.1. The van der Waals surface area contributed by atoms with Gasteiger partial charge in [-0.05, 0) is 49.6 Å². The zero-order valence-corrected chi connectivity index (χ0v) is 15.9. The van der Waals surface area contributed by atoms with E-state index in [1.54, 1.807) is 12.1 Å². The first-order chi connectivity index (χ1) is 13.6. The van der Waals surface area contributed by atoms with Gasteiger partial charge in [0.2, 0.25) is 12.0 Å². The molecule has 1 saturated carbocycles. The number of aryl methyl sites for hydroxylation is 1. The van der Waals surface area contributed by atoms with Gasteiger partial charge in [-0.3, -0.25) is 9.59 Å². The van der Waals surface area contributed by atoms with E-state index in [9.17, 15) is 9.59 Å². The summed E-state index contributed by atoms with van der Waals surface area (Å²) >= 11 is 0. The first-order valence-electron chi connectivity index (χ1n) is 9.71. The van der Waals surface area contributed by atoms with E-state index in [4.69, 9.17) is 9.47 Å². The highest BCUT2D eigenvalue weighted by molar-refractivity contribution is 6.02. The van der Waals surface area contributed by atoms with Crippen molar-refractivity contribution in [3.8, 4) is 11.5 Å². The van der Waals surface area contributed by atoms with Crippen molar-refractivity contribution in [2.75, 3.05) is 17.2 Å². The second-order valence-electron chi connectivity index (χ2n) is 7.37. The SMILES string of the molecule is Cc1ccc(NC(=O)C2CCCC2)c(NC(=O)C2COc3ccccc3O2)c1. The van der Waals surface area contributed by atoms with Gasteiger partial charge < -0.3 is 20.1 Å². The highest BCUT2D eigenvalue weighted by Crippen LogP contribution is 2.32. The van der Waals surface area contributed by atoms with E-state index in [2.05, 4.69) is 10.6 Å². The molecule has 0 saturated heterocycles. The molecule has 0 spiro atoms. The van der Waals surface area contributed by atoms with Crippen LogP contribution < -0.4 is 20.1 Å². The molecule has 1 heterocycles. The van der Waals surface area contributed by atoms with Gasteiger partial charge in [-0.25, -0.2) is 0 Å². The summed E-state index contributed by atoms with van der Waals surface area (Å²) < 4.78 is 11.4. The third-order valence-corrected chi connectivity index (χ3v) is 5.22. The molecule has 6 nitrogen and oxygen atoms in total. The Labute approximate surface area is 164 Å². The number of carbonyl (C=O) groups is 2. The van der Waals surface area contributed by atoms with Crippen LogP contribution in [0, 0.1) is 12.8 Å². The van der Waals surface area contributed by atoms with Gasteiger partial charge in [-0.2, -0.15) is 0 Å². The van der Waals surface area contributed by atoms with Gasteiger partial charge in [-0.15, -0.1) is 0 Å². The lowest BCUT2D eigenvalue weighted by molar-refractivity contribution is -0.125. The monoisotopic (exact) mass is 380 g/mol. The molecule has 28 heavy (non-hydrogen) atoms. The summed E-state index contributed by atoms with van der Waals surface area (Å²) in [4.78, 5) is 25.3. The van der Waals surface area contributed by atoms with Crippen molar-refractivity contribution < 1.29 is 19.1 Å². The lowest BCUT2D eigenvalue weighted by Gasteiger charge is -2.26. The Morgan fingerprint density at radius 3 is 2.43 bits per heavy atom. The van der Waals surface area contributed by atoms with Gasteiger partial charge in [0, 0.05) is 5.92 Å². The van der Waals surface area contributed by atoms with E-state index in [0.717, 1.165) is 31.2 Å². The Hall–Kier alpha value is -3.02. The van der Waals surface area contributed by atoms with Crippen LogP contribution in [0.5, 0.6) is 11.5 Å². The summed E-state index contributed by atoms with van der Waals surface area (Å²) in [6.07, 6.45) is 3.28. The number of para-hydroxylation sites is 2. The molecule has 1 unspecified atom stereocenters. The van der Waals surface area contributed by atoms with Crippen LogP contribution in [0.4, 0.5) is 11.4 Å². The molecule has 2 N–H and O–H groups in total. The van der Waals surface area contributed by atoms with Gasteiger partial charge in [0.15, 0.2) is 11.5 Å². The van der Waals surface area contributed by atoms with Gasteiger partial charge in [-0.1, -0.05) is 31.0 Å². The minimum atomic E-state index is -0.756. The number of benzene rings is 2. The van der Waals surface area contributed by atoms with Gasteiger partial charge >= 0.3 is 0 Å². The maximum Gasteiger partial charge on any atom is 0.269 e. The van der Waals surface area contributed by atoms with Gasteiger partial charge in [0.05, 0.1) is 11.4 Å². The second kappa shape index (κ2) is 7.92. The number of ether oxygens (including phenoxy) is 2. The predicted molar refractivity (Wildman–Crippen MR) is 107 cm³/mol. The number of nitrogens with one attached hydrogen (secondary N) is 2. The zero-order chi connectivity index (χ0) is 19.5. The maximum atomic E-state index is 12.8. The van der Waals surface area contributed by atoms with Crippen molar-refractivity contribution in [2.45, 2.75) is 38.7 Å². The molecule has 2 aromatic carbocycles. The van der Waals surface area contributed by atoms with Crippen molar-refractivity contribution >= 4 is 23.2 Å². The topological polar surface area (TPSA) is 76.7 Å². The molecule has 0 bridgehead atoms. The maximum absolute atomic E-state index is 12.8. The molecule has 0 aromatic heterocycles. The molecule has 1 aliphatic carbocycles. The number of fused-ring (bicyclic) bond motifs is 1. The molecule has 2 amide bonds. The van der Waals surface area contributed by atoms with E-state index < -0.39 is 6.10 Å². The van der Waals surface area contributed by atoms with Crippen LogP contribution in [0.25, 0.3) is 0 Å². The Kier molecular flexibility index (Phi) is 5.19.